The van der Waals surface area contributed by atoms with Gasteiger partial charge in [-0.15, -0.1) is 0 Å². The van der Waals surface area contributed by atoms with Crippen molar-refractivity contribution in [1.82, 2.24) is 4.31 Å². The van der Waals surface area contributed by atoms with Crippen LogP contribution in [0.1, 0.15) is 26.2 Å². The first-order valence-electron chi connectivity index (χ1n) is 6.81. The molecule has 2 rings (SSSR count). The third kappa shape index (κ3) is 3.06. The molecule has 1 aliphatic heterocycles. The normalized spacial score (nSPS) is 19.8. The van der Waals surface area contributed by atoms with E-state index >= 15 is 0 Å². The zero-order valence-corrected chi connectivity index (χ0v) is 12.5. The second-order valence-corrected chi connectivity index (χ2v) is 7.06. The van der Waals surface area contributed by atoms with Gasteiger partial charge in [-0.25, -0.2) is 8.42 Å². The number of rotatable bonds is 5. The van der Waals surface area contributed by atoms with Gasteiger partial charge in [-0.2, -0.15) is 8.70 Å². The van der Waals surface area contributed by atoms with Crippen LogP contribution in [0.15, 0.2) is 23.1 Å². The lowest BCUT2D eigenvalue weighted by Crippen LogP contribution is -2.29. The minimum Gasteiger partial charge on any atom is -0.258 e. The SMILES string of the molecule is CCCC1CCN(S(=O)(=O)c2cccc(F)c2[N+](=O)[O-])C1. The topological polar surface area (TPSA) is 80.5 Å². The lowest BCUT2D eigenvalue weighted by Gasteiger charge is -2.16. The molecule has 1 atom stereocenters. The molecule has 1 aromatic rings. The molecule has 1 aliphatic rings. The molecule has 1 fully saturated rings. The predicted molar refractivity (Wildman–Crippen MR) is 74.8 cm³/mol. The van der Waals surface area contributed by atoms with Gasteiger partial charge in [0.05, 0.1) is 4.92 Å². The monoisotopic (exact) mass is 316 g/mol. The Bertz CT molecular complexity index is 648. The fourth-order valence-electron chi connectivity index (χ4n) is 2.68. The molecule has 0 aromatic heterocycles. The molecule has 8 heteroatoms. The number of hydrogen-bond donors (Lipinski definition) is 0. The minimum atomic E-state index is -4.04. The Morgan fingerprint density at radius 3 is 2.81 bits per heavy atom. The van der Waals surface area contributed by atoms with Crippen LogP contribution in [0.4, 0.5) is 10.1 Å². The van der Waals surface area contributed by atoms with Crippen molar-refractivity contribution in [3.63, 3.8) is 0 Å². The minimum absolute atomic E-state index is 0.261. The maximum absolute atomic E-state index is 13.6. The summed E-state index contributed by atoms with van der Waals surface area (Å²) in [6.45, 7) is 2.68. The first-order valence-corrected chi connectivity index (χ1v) is 8.25. The summed E-state index contributed by atoms with van der Waals surface area (Å²) in [6.07, 6.45) is 2.60. The fraction of sp³-hybridized carbons (Fsp3) is 0.538. The molecule has 21 heavy (non-hydrogen) atoms. The van der Waals surface area contributed by atoms with Gasteiger partial charge in [0, 0.05) is 13.1 Å². The highest BCUT2D eigenvalue weighted by molar-refractivity contribution is 7.89. The van der Waals surface area contributed by atoms with Crippen LogP contribution in [0.3, 0.4) is 0 Å². The van der Waals surface area contributed by atoms with Crippen LogP contribution in [0, 0.1) is 21.8 Å². The molecular formula is C13H17FN2O4S. The van der Waals surface area contributed by atoms with Gasteiger partial charge in [0.2, 0.25) is 15.8 Å². The van der Waals surface area contributed by atoms with Crippen molar-refractivity contribution in [1.29, 1.82) is 0 Å². The van der Waals surface area contributed by atoms with E-state index < -0.39 is 31.3 Å². The molecule has 0 amide bonds. The van der Waals surface area contributed by atoms with Crippen molar-refractivity contribution < 1.29 is 17.7 Å². The van der Waals surface area contributed by atoms with Gasteiger partial charge in [-0.3, -0.25) is 10.1 Å². The molecule has 0 bridgehead atoms. The molecule has 1 aromatic carbocycles. The van der Waals surface area contributed by atoms with E-state index in [4.69, 9.17) is 0 Å². The number of nitrogens with zero attached hydrogens (tertiary/aromatic N) is 2. The molecule has 1 saturated heterocycles. The van der Waals surface area contributed by atoms with Crippen molar-refractivity contribution in [2.24, 2.45) is 5.92 Å². The van der Waals surface area contributed by atoms with Crippen molar-refractivity contribution in [2.45, 2.75) is 31.1 Å². The van der Waals surface area contributed by atoms with E-state index in [1.807, 2.05) is 6.92 Å². The fourth-order valence-corrected chi connectivity index (χ4v) is 4.38. The predicted octanol–water partition coefficient (Wildman–Crippen LogP) is 2.54. The molecule has 0 aliphatic carbocycles. The van der Waals surface area contributed by atoms with E-state index in [0.717, 1.165) is 31.4 Å². The largest absolute Gasteiger partial charge is 0.324 e. The van der Waals surface area contributed by atoms with Gasteiger partial charge in [0.1, 0.15) is 0 Å². The number of nitro benzene ring substituents is 1. The Hall–Kier alpha value is -1.54. The Balaban J connectivity index is 2.38. The van der Waals surface area contributed by atoms with Crippen molar-refractivity contribution >= 4 is 15.7 Å². The van der Waals surface area contributed by atoms with E-state index in [0.29, 0.717) is 13.1 Å². The lowest BCUT2D eigenvalue weighted by molar-refractivity contribution is -0.390. The summed E-state index contributed by atoms with van der Waals surface area (Å²) < 4.78 is 39.8. The average molecular weight is 316 g/mol. The van der Waals surface area contributed by atoms with E-state index in [-0.39, 0.29) is 5.92 Å². The van der Waals surface area contributed by atoms with Gasteiger partial charge in [0.25, 0.3) is 0 Å². The summed E-state index contributed by atoms with van der Waals surface area (Å²) in [5.41, 5.74) is -0.976. The summed E-state index contributed by atoms with van der Waals surface area (Å²) in [7, 11) is -4.04. The van der Waals surface area contributed by atoms with E-state index in [1.165, 1.54) is 10.4 Å². The maximum atomic E-state index is 13.6. The van der Waals surface area contributed by atoms with Gasteiger partial charge < -0.3 is 0 Å². The second kappa shape index (κ2) is 6.07. The highest BCUT2D eigenvalue weighted by Gasteiger charge is 2.37. The molecular weight excluding hydrogens is 299 g/mol. The third-order valence-electron chi connectivity index (χ3n) is 3.70. The van der Waals surface area contributed by atoms with Crippen LogP contribution in [-0.2, 0) is 10.0 Å². The van der Waals surface area contributed by atoms with Gasteiger partial charge >= 0.3 is 5.69 Å². The number of nitro groups is 1. The molecule has 1 unspecified atom stereocenters. The van der Waals surface area contributed by atoms with Gasteiger partial charge in [0.15, 0.2) is 4.90 Å². The molecule has 0 saturated carbocycles. The quantitative estimate of drug-likeness (QED) is 0.617. The second-order valence-electron chi connectivity index (χ2n) is 5.15. The highest BCUT2D eigenvalue weighted by atomic mass is 32.2. The molecule has 1 heterocycles. The van der Waals surface area contributed by atoms with Crippen LogP contribution in [0.25, 0.3) is 0 Å². The Morgan fingerprint density at radius 2 is 2.19 bits per heavy atom. The Morgan fingerprint density at radius 1 is 1.48 bits per heavy atom. The first kappa shape index (κ1) is 15.8. The number of benzene rings is 1. The Labute approximate surface area is 122 Å². The molecule has 0 radical (unpaired) electrons. The maximum Gasteiger partial charge on any atom is 0.324 e. The average Bonchev–Trinajstić information content (AvgIpc) is 2.87. The molecule has 0 N–H and O–H groups in total. The summed E-state index contributed by atoms with van der Waals surface area (Å²) in [5, 5.41) is 11.0. The molecule has 6 nitrogen and oxygen atoms in total. The summed E-state index contributed by atoms with van der Waals surface area (Å²) in [6, 6.07) is 3.15. The van der Waals surface area contributed by atoms with Gasteiger partial charge in [-0.05, 0) is 30.9 Å². The third-order valence-corrected chi connectivity index (χ3v) is 5.59. The number of para-hydroxylation sites is 1. The van der Waals surface area contributed by atoms with Gasteiger partial charge in [-0.1, -0.05) is 19.4 Å². The van der Waals surface area contributed by atoms with E-state index in [2.05, 4.69) is 0 Å². The molecule has 0 spiro atoms. The number of halogens is 1. The lowest BCUT2D eigenvalue weighted by atomic mass is 10.0. The van der Waals surface area contributed by atoms with Crippen LogP contribution < -0.4 is 0 Å². The standard InChI is InChI=1S/C13H17FN2O4S/c1-2-4-10-7-8-15(9-10)21(19,20)12-6-3-5-11(14)13(12)16(17)18/h3,5-6,10H,2,4,7-9H2,1H3. The van der Waals surface area contributed by atoms with Crippen LogP contribution in [0.2, 0.25) is 0 Å². The Kier molecular flexibility index (Phi) is 4.58. The van der Waals surface area contributed by atoms with E-state index in [1.54, 1.807) is 0 Å². The summed E-state index contributed by atoms with van der Waals surface area (Å²) >= 11 is 0. The van der Waals surface area contributed by atoms with E-state index in [9.17, 15) is 22.9 Å². The van der Waals surface area contributed by atoms with Crippen LogP contribution in [0.5, 0.6) is 0 Å². The number of sulfonamides is 1. The first-order chi connectivity index (χ1) is 9.87. The molecule has 116 valence electrons. The smallest absolute Gasteiger partial charge is 0.258 e. The highest BCUT2D eigenvalue weighted by Crippen LogP contribution is 2.32. The van der Waals surface area contributed by atoms with Crippen molar-refractivity contribution in [3.05, 3.63) is 34.1 Å². The van der Waals surface area contributed by atoms with Crippen molar-refractivity contribution in [3.8, 4) is 0 Å². The number of hydrogen-bond acceptors (Lipinski definition) is 4. The van der Waals surface area contributed by atoms with Crippen LogP contribution in [-0.4, -0.2) is 30.7 Å². The summed E-state index contributed by atoms with van der Waals surface area (Å²) in [5.74, 6) is -0.872. The summed E-state index contributed by atoms with van der Waals surface area (Å²) in [4.78, 5) is 9.40. The van der Waals surface area contributed by atoms with Crippen LogP contribution >= 0.6 is 0 Å². The zero-order chi connectivity index (χ0) is 15.6. The zero-order valence-electron chi connectivity index (χ0n) is 11.7. The van der Waals surface area contributed by atoms with Crippen molar-refractivity contribution in [2.75, 3.05) is 13.1 Å².